The molecule has 1 heterocycles. The summed E-state index contributed by atoms with van der Waals surface area (Å²) in [5.74, 6) is 1.42. The molecule has 0 amide bonds. The molecule has 0 saturated heterocycles. The first-order valence-corrected chi connectivity index (χ1v) is 15.4. The highest BCUT2D eigenvalue weighted by atomic mass is 32.2. The first-order valence-electron chi connectivity index (χ1n) is 14.4. The Morgan fingerprint density at radius 3 is 2.24 bits per heavy atom. The van der Waals surface area contributed by atoms with Gasteiger partial charge in [-0.15, -0.1) is 0 Å². The molecule has 0 unspecified atom stereocenters. The van der Waals surface area contributed by atoms with Crippen molar-refractivity contribution in [3.8, 4) is 16.9 Å². The average molecular weight is 586 g/mol. The topological polar surface area (TPSA) is 107 Å². The van der Waals surface area contributed by atoms with Crippen LogP contribution in [0.1, 0.15) is 59.8 Å². The maximum atomic E-state index is 12.4. The number of carbonyl (C=O) groups is 2. The number of esters is 1. The van der Waals surface area contributed by atoms with E-state index in [0.717, 1.165) is 66.2 Å². The number of imidazole rings is 1. The number of hydrogen-bond acceptors (Lipinski definition) is 7. The summed E-state index contributed by atoms with van der Waals surface area (Å²) in [5, 5.41) is 0.728. The number of hydrogen-bond donors (Lipinski definition) is 2. The van der Waals surface area contributed by atoms with E-state index in [4.69, 9.17) is 15.2 Å². The molecule has 7 nitrogen and oxygen atoms in total. The zero-order valence-corrected chi connectivity index (χ0v) is 25.1. The number of nitrogens with zero attached hydrogens (tertiary/aromatic N) is 1. The molecule has 0 fully saturated rings. The van der Waals surface area contributed by atoms with E-state index in [1.807, 2.05) is 48.5 Å². The number of unbranched alkanes of at least 4 members (excludes halogenated alkanes) is 2. The molecule has 42 heavy (non-hydrogen) atoms. The molecule has 0 spiro atoms. The van der Waals surface area contributed by atoms with Gasteiger partial charge in [-0.05, 0) is 72.7 Å². The highest BCUT2D eigenvalue weighted by Crippen LogP contribution is 2.50. The molecule has 1 aliphatic carbocycles. The summed E-state index contributed by atoms with van der Waals surface area (Å²) in [6.45, 7) is 2.82. The lowest BCUT2D eigenvalue weighted by molar-refractivity contribution is -0.111. The van der Waals surface area contributed by atoms with E-state index in [-0.39, 0.29) is 5.97 Å². The Labute approximate surface area is 252 Å². The molecule has 220 valence electrons. The highest BCUT2D eigenvalue weighted by Gasteiger charge is 2.42. The van der Waals surface area contributed by atoms with Crippen LogP contribution in [0.3, 0.4) is 0 Å². The summed E-state index contributed by atoms with van der Waals surface area (Å²) < 4.78 is 9.99. The molecular weight excluding hydrogens is 546 g/mol. The lowest BCUT2D eigenvalue weighted by atomic mass is 9.75. The molecule has 5 rings (SSSR count). The van der Waals surface area contributed by atoms with E-state index >= 15 is 0 Å². The van der Waals surface area contributed by atoms with Gasteiger partial charge in [0.1, 0.15) is 17.7 Å². The summed E-state index contributed by atoms with van der Waals surface area (Å²) in [5.41, 5.74) is 11.1. The minimum absolute atomic E-state index is 0.345. The first kappa shape index (κ1) is 31.1. The number of nitrogens with two attached hydrogens (primary N) is 1. The zero-order chi connectivity index (χ0) is 29.8. The minimum Gasteiger partial charge on any atom is -0.497 e. The van der Waals surface area contributed by atoms with Crippen molar-refractivity contribution in [3.05, 3.63) is 101 Å². The van der Waals surface area contributed by atoms with E-state index in [1.54, 1.807) is 25.8 Å². The number of rotatable bonds is 13. The normalized spacial score (nSPS) is 12.5. The van der Waals surface area contributed by atoms with Gasteiger partial charge in [-0.3, -0.25) is 0 Å². The number of methoxy groups -OCH3 is 1. The van der Waals surface area contributed by atoms with Crippen molar-refractivity contribution in [2.24, 2.45) is 5.73 Å². The maximum absolute atomic E-state index is 12.4. The van der Waals surface area contributed by atoms with Gasteiger partial charge in [-0.25, -0.2) is 9.78 Å². The average Bonchev–Trinajstić information content (AvgIpc) is 3.62. The fourth-order valence-corrected chi connectivity index (χ4v) is 6.16. The van der Waals surface area contributed by atoms with Crippen molar-refractivity contribution in [2.45, 2.75) is 49.6 Å². The minimum atomic E-state index is -0.546. The second-order valence-corrected chi connectivity index (χ2v) is 11.1. The van der Waals surface area contributed by atoms with Crippen LogP contribution in [0.5, 0.6) is 5.75 Å². The number of nitrogens with one attached hydrogen (secondary N) is 1. The van der Waals surface area contributed by atoms with Gasteiger partial charge in [0.25, 0.3) is 0 Å². The predicted molar refractivity (Wildman–Crippen MR) is 168 cm³/mol. The molecule has 4 aromatic rings. The van der Waals surface area contributed by atoms with Crippen LogP contribution in [0, 0.1) is 0 Å². The van der Waals surface area contributed by atoms with Gasteiger partial charge in [-0.1, -0.05) is 85.3 Å². The summed E-state index contributed by atoms with van der Waals surface area (Å²) in [4.78, 5) is 31.3. The zero-order valence-electron chi connectivity index (χ0n) is 24.3. The van der Waals surface area contributed by atoms with Crippen LogP contribution in [-0.2, 0) is 21.4 Å². The van der Waals surface area contributed by atoms with Gasteiger partial charge in [-0.2, -0.15) is 0 Å². The van der Waals surface area contributed by atoms with Gasteiger partial charge in [0.15, 0.2) is 5.16 Å². The summed E-state index contributed by atoms with van der Waals surface area (Å²) in [7, 11) is 1.66. The molecule has 0 aliphatic heterocycles. The summed E-state index contributed by atoms with van der Waals surface area (Å²) >= 11 is 1.60. The number of thioether (sulfide) groups is 1. The molecule has 1 aromatic heterocycles. The Morgan fingerprint density at radius 2 is 1.64 bits per heavy atom. The number of aldehydes is 1. The van der Waals surface area contributed by atoms with Gasteiger partial charge >= 0.3 is 5.97 Å². The van der Waals surface area contributed by atoms with Crippen LogP contribution in [0.4, 0.5) is 0 Å². The second kappa shape index (κ2) is 15.4. The van der Waals surface area contributed by atoms with Gasteiger partial charge in [0.2, 0.25) is 0 Å². The van der Waals surface area contributed by atoms with Crippen LogP contribution in [0.2, 0.25) is 0 Å². The third-order valence-corrected chi connectivity index (χ3v) is 8.37. The summed E-state index contributed by atoms with van der Waals surface area (Å²) in [6, 6.07) is 24.5. The first-order chi connectivity index (χ1) is 20.6. The van der Waals surface area contributed by atoms with Crippen LogP contribution in [-0.4, -0.2) is 48.2 Å². The van der Waals surface area contributed by atoms with Crippen molar-refractivity contribution in [2.75, 3.05) is 26.0 Å². The van der Waals surface area contributed by atoms with E-state index in [2.05, 4.69) is 34.2 Å². The van der Waals surface area contributed by atoms with Crippen molar-refractivity contribution >= 4 is 24.0 Å². The molecule has 3 N–H and O–H groups in total. The SMILES string of the molecule is CCOC(=O)c1cnc(SCCCCCC2(C=O)c3ccccc3-c3ccccc32)[nH]1.COc1ccc(CCN)cc1. The lowest BCUT2D eigenvalue weighted by Crippen LogP contribution is -2.27. The number of benzene rings is 3. The molecule has 3 aromatic carbocycles. The number of aromatic amines is 1. The second-order valence-electron chi connectivity index (χ2n) is 10.0. The molecule has 1 aliphatic rings. The Morgan fingerprint density at radius 1 is 0.976 bits per heavy atom. The van der Waals surface area contributed by atoms with E-state index < -0.39 is 5.41 Å². The number of carbonyl (C=O) groups excluding carboxylic acids is 2. The van der Waals surface area contributed by atoms with Gasteiger partial charge in [0, 0.05) is 5.75 Å². The van der Waals surface area contributed by atoms with E-state index in [9.17, 15) is 9.59 Å². The molecular formula is C34H39N3O4S. The third-order valence-electron chi connectivity index (χ3n) is 7.40. The van der Waals surface area contributed by atoms with Crippen LogP contribution in [0.25, 0.3) is 11.1 Å². The lowest BCUT2D eigenvalue weighted by Gasteiger charge is -2.25. The largest absolute Gasteiger partial charge is 0.497 e. The highest BCUT2D eigenvalue weighted by molar-refractivity contribution is 7.99. The van der Waals surface area contributed by atoms with Crippen molar-refractivity contribution in [1.82, 2.24) is 9.97 Å². The standard InChI is InChI=1S/C25H26N2O3S.C9H13NO/c1-2-30-23(29)22-16-26-24(27-22)31-15-9-3-8-14-25(17-28)20-12-6-4-10-18(20)19-11-5-7-13-21(19)25;1-11-9-4-2-8(3-5-9)6-7-10/h4-7,10-13,16-17H,2-3,8-9,14-15H2,1H3,(H,26,27);2-5H,6-7,10H2,1H3. The number of fused-ring (bicyclic) bond motifs is 3. The fraction of sp³-hybridized carbons (Fsp3) is 0.324. The third kappa shape index (κ3) is 7.30. The maximum Gasteiger partial charge on any atom is 0.356 e. The number of aromatic nitrogens is 2. The molecule has 0 radical (unpaired) electrons. The van der Waals surface area contributed by atoms with Crippen molar-refractivity contribution in [1.29, 1.82) is 0 Å². The Bertz CT molecular complexity index is 1410. The van der Waals surface area contributed by atoms with E-state index in [0.29, 0.717) is 18.8 Å². The van der Waals surface area contributed by atoms with Crippen LogP contribution < -0.4 is 10.5 Å². The fourth-order valence-electron chi connectivity index (χ4n) is 5.31. The Balaban J connectivity index is 0.000000310. The Kier molecular flexibility index (Phi) is 11.4. The molecule has 0 bridgehead atoms. The van der Waals surface area contributed by atoms with Crippen molar-refractivity contribution < 1.29 is 19.1 Å². The van der Waals surface area contributed by atoms with Crippen molar-refractivity contribution in [3.63, 3.8) is 0 Å². The van der Waals surface area contributed by atoms with Crippen LogP contribution >= 0.6 is 11.8 Å². The Hall–Kier alpha value is -3.88. The smallest absolute Gasteiger partial charge is 0.356 e. The molecule has 8 heteroatoms. The predicted octanol–water partition coefficient (Wildman–Crippen LogP) is 6.60. The quantitative estimate of drug-likeness (QED) is 0.0788. The molecule has 0 atom stereocenters. The number of H-pyrrole nitrogens is 1. The molecule has 0 saturated carbocycles. The number of ether oxygens (including phenoxy) is 2. The van der Waals surface area contributed by atoms with E-state index in [1.165, 1.54) is 22.9 Å². The summed E-state index contributed by atoms with van der Waals surface area (Å²) in [6.07, 6.45) is 7.41. The van der Waals surface area contributed by atoms with Gasteiger partial charge < -0.3 is 25.0 Å². The van der Waals surface area contributed by atoms with Crippen LogP contribution in [0.15, 0.2) is 84.1 Å². The van der Waals surface area contributed by atoms with Gasteiger partial charge in [0.05, 0.1) is 25.3 Å². The monoisotopic (exact) mass is 585 g/mol.